The van der Waals surface area contributed by atoms with Crippen molar-refractivity contribution in [1.82, 2.24) is 15.5 Å². The Morgan fingerprint density at radius 3 is 2.70 bits per heavy atom. The first-order valence-electron chi connectivity index (χ1n) is 8.63. The van der Waals surface area contributed by atoms with Crippen LogP contribution in [0.25, 0.3) is 0 Å². The highest BCUT2D eigenvalue weighted by Gasteiger charge is 2.22. The van der Waals surface area contributed by atoms with Gasteiger partial charge in [-0.3, -0.25) is 9.89 Å². The van der Waals surface area contributed by atoms with Crippen molar-refractivity contribution in [1.29, 1.82) is 0 Å². The van der Waals surface area contributed by atoms with Crippen LogP contribution in [0, 0.1) is 0 Å². The van der Waals surface area contributed by atoms with Gasteiger partial charge in [0.05, 0.1) is 6.54 Å². The molecule has 5 heteroatoms. The molecule has 0 bridgehead atoms. The molecule has 4 nitrogen and oxygen atoms in total. The van der Waals surface area contributed by atoms with Crippen molar-refractivity contribution in [2.75, 3.05) is 32.7 Å². The first-order chi connectivity index (χ1) is 10.8. The Hall–Kier alpha value is -0.820. The van der Waals surface area contributed by atoms with Crippen LogP contribution in [-0.2, 0) is 6.42 Å². The molecular formula is C18H31IN4. The lowest BCUT2D eigenvalue weighted by molar-refractivity contribution is 0.273. The zero-order valence-electron chi connectivity index (χ0n) is 14.4. The molecule has 1 aromatic rings. The molecule has 0 radical (unpaired) electrons. The zero-order valence-corrected chi connectivity index (χ0v) is 16.8. The van der Waals surface area contributed by atoms with Crippen LogP contribution >= 0.6 is 24.0 Å². The van der Waals surface area contributed by atoms with E-state index in [0.717, 1.165) is 38.6 Å². The van der Waals surface area contributed by atoms with Gasteiger partial charge >= 0.3 is 0 Å². The Morgan fingerprint density at radius 2 is 2.00 bits per heavy atom. The van der Waals surface area contributed by atoms with Gasteiger partial charge in [0.1, 0.15) is 0 Å². The molecule has 1 heterocycles. The van der Waals surface area contributed by atoms with Crippen LogP contribution < -0.4 is 10.6 Å². The van der Waals surface area contributed by atoms with E-state index in [-0.39, 0.29) is 24.0 Å². The number of likely N-dealkylation sites (N-methyl/N-ethyl adjacent to an activating group) is 1. The molecule has 1 unspecified atom stereocenters. The molecule has 0 saturated carbocycles. The van der Waals surface area contributed by atoms with Crippen molar-refractivity contribution in [3.05, 3.63) is 35.9 Å². The third-order valence-corrected chi connectivity index (χ3v) is 4.26. The molecule has 130 valence electrons. The van der Waals surface area contributed by atoms with Crippen molar-refractivity contribution >= 4 is 29.9 Å². The first kappa shape index (κ1) is 20.2. The maximum atomic E-state index is 4.78. The second kappa shape index (κ2) is 11.7. The van der Waals surface area contributed by atoms with Crippen molar-refractivity contribution in [3.63, 3.8) is 0 Å². The van der Waals surface area contributed by atoms with Crippen LogP contribution in [0.5, 0.6) is 0 Å². The van der Waals surface area contributed by atoms with E-state index in [4.69, 9.17) is 4.99 Å². The maximum absolute atomic E-state index is 4.78. The van der Waals surface area contributed by atoms with E-state index in [1.165, 1.54) is 24.9 Å². The molecule has 0 spiro atoms. The molecule has 1 aliphatic rings. The van der Waals surface area contributed by atoms with Crippen molar-refractivity contribution in [2.45, 2.75) is 39.2 Å². The van der Waals surface area contributed by atoms with Crippen LogP contribution in [0.3, 0.4) is 0 Å². The van der Waals surface area contributed by atoms with Gasteiger partial charge in [-0.2, -0.15) is 0 Å². The molecule has 0 aliphatic carbocycles. The van der Waals surface area contributed by atoms with Gasteiger partial charge in [0, 0.05) is 19.1 Å². The number of halogens is 1. The predicted octanol–water partition coefficient (Wildman–Crippen LogP) is 2.89. The second-order valence-corrected chi connectivity index (χ2v) is 5.81. The van der Waals surface area contributed by atoms with Gasteiger partial charge in [-0.25, -0.2) is 0 Å². The Labute approximate surface area is 158 Å². The standard InChI is InChI=1S/C18H30N4.HI/c1-3-19-18(20-13-12-16-9-6-5-7-10-16)21-15-17-11-8-14-22(17)4-2;/h5-7,9-10,17H,3-4,8,11-15H2,1-2H3,(H2,19,20,21);1H. The van der Waals surface area contributed by atoms with Crippen LogP contribution in [0.15, 0.2) is 35.3 Å². The highest BCUT2D eigenvalue weighted by Crippen LogP contribution is 2.16. The number of rotatable bonds is 7. The number of benzene rings is 1. The number of hydrogen-bond acceptors (Lipinski definition) is 2. The van der Waals surface area contributed by atoms with Gasteiger partial charge in [-0.1, -0.05) is 37.3 Å². The van der Waals surface area contributed by atoms with Crippen LogP contribution in [-0.4, -0.2) is 49.6 Å². The summed E-state index contributed by atoms with van der Waals surface area (Å²) in [7, 11) is 0. The molecule has 1 fully saturated rings. The molecule has 0 aromatic heterocycles. The van der Waals surface area contributed by atoms with E-state index in [1.807, 2.05) is 0 Å². The third kappa shape index (κ3) is 7.08. The molecule has 1 aromatic carbocycles. The van der Waals surface area contributed by atoms with Crippen LogP contribution in [0.1, 0.15) is 32.3 Å². The SMILES string of the molecule is CCNC(=NCC1CCCN1CC)NCCc1ccccc1.I. The lowest BCUT2D eigenvalue weighted by atomic mass is 10.1. The van der Waals surface area contributed by atoms with E-state index in [0.29, 0.717) is 6.04 Å². The van der Waals surface area contributed by atoms with Crippen molar-refractivity contribution in [3.8, 4) is 0 Å². The molecule has 23 heavy (non-hydrogen) atoms. The summed E-state index contributed by atoms with van der Waals surface area (Å²) in [5.74, 6) is 0.946. The number of guanidine groups is 1. The van der Waals surface area contributed by atoms with Gasteiger partial charge < -0.3 is 10.6 Å². The van der Waals surface area contributed by atoms with E-state index < -0.39 is 0 Å². The summed E-state index contributed by atoms with van der Waals surface area (Å²) in [5, 5.41) is 6.79. The fourth-order valence-corrected chi connectivity index (χ4v) is 3.03. The lowest BCUT2D eigenvalue weighted by Crippen LogP contribution is -2.40. The maximum Gasteiger partial charge on any atom is 0.191 e. The predicted molar refractivity (Wildman–Crippen MR) is 110 cm³/mol. The van der Waals surface area contributed by atoms with Gasteiger partial charge in [-0.05, 0) is 44.8 Å². The van der Waals surface area contributed by atoms with Gasteiger partial charge in [-0.15, -0.1) is 24.0 Å². The average molecular weight is 430 g/mol. The minimum absolute atomic E-state index is 0. The Balaban J connectivity index is 0.00000264. The summed E-state index contributed by atoms with van der Waals surface area (Å²) in [6, 6.07) is 11.2. The summed E-state index contributed by atoms with van der Waals surface area (Å²) >= 11 is 0. The minimum Gasteiger partial charge on any atom is -0.357 e. The molecule has 1 atom stereocenters. The van der Waals surface area contributed by atoms with E-state index in [1.54, 1.807) is 0 Å². The monoisotopic (exact) mass is 430 g/mol. The van der Waals surface area contributed by atoms with Crippen molar-refractivity contribution in [2.24, 2.45) is 4.99 Å². The first-order valence-corrected chi connectivity index (χ1v) is 8.63. The minimum atomic E-state index is 0. The van der Waals surface area contributed by atoms with E-state index in [2.05, 4.69) is 59.7 Å². The Kier molecular flexibility index (Phi) is 10.3. The molecule has 2 N–H and O–H groups in total. The molecule has 1 saturated heterocycles. The van der Waals surface area contributed by atoms with Gasteiger partial charge in [0.2, 0.25) is 0 Å². The summed E-state index contributed by atoms with van der Waals surface area (Å²) in [6.45, 7) is 9.44. The van der Waals surface area contributed by atoms with Crippen LogP contribution in [0.4, 0.5) is 0 Å². The second-order valence-electron chi connectivity index (χ2n) is 5.81. The number of nitrogens with zero attached hydrogens (tertiary/aromatic N) is 2. The largest absolute Gasteiger partial charge is 0.357 e. The number of likely N-dealkylation sites (tertiary alicyclic amines) is 1. The summed E-state index contributed by atoms with van der Waals surface area (Å²) in [5.41, 5.74) is 1.36. The third-order valence-electron chi connectivity index (χ3n) is 4.26. The normalized spacial score (nSPS) is 18.5. The Bertz CT molecular complexity index is 450. The summed E-state index contributed by atoms with van der Waals surface area (Å²) in [6.07, 6.45) is 3.61. The molecule has 0 amide bonds. The highest BCUT2D eigenvalue weighted by molar-refractivity contribution is 14.0. The molecule has 2 rings (SSSR count). The van der Waals surface area contributed by atoms with E-state index >= 15 is 0 Å². The van der Waals surface area contributed by atoms with Gasteiger partial charge in [0.15, 0.2) is 5.96 Å². The Morgan fingerprint density at radius 1 is 1.22 bits per heavy atom. The smallest absolute Gasteiger partial charge is 0.191 e. The van der Waals surface area contributed by atoms with Gasteiger partial charge in [0.25, 0.3) is 0 Å². The van der Waals surface area contributed by atoms with E-state index in [9.17, 15) is 0 Å². The zero-order chi connectivity index (χ0) is 15.6. The molecule has 1 aliphatic heterocycles. The quantitative estimate of drug-likeness (QED) is 0.397. The number of aliphatic imine (C=N–C) groups is 1. The number of nitrogens with one attached hydrogen (secondary N) is 2. The lowest BCUT2D eigenvalue weighted by Gasteiger charge is -2.21. The van der Waals surface area contributed by atoms with Crippen LogP contribution in [0.2, 0.25) is 0 Å². The fraction of sp³-hybridized carbons (Fsp3) is 0.611. The molecular weight excluding hydrogens is 399 g/mol. The fourth-order valence-electron chi connectivity index (χ4n) is 3.03. The number of hydrogen-bond donors (Lipinski definition) is 2. The highest BCUT2D eigenvalue weighted by atomic mass is 127. The van der Waals surface area contributed by atoms with Crippen molar-refractivity contribution < 1.29 is 0 Å². The average Bonchev–Trinajstić information content (AvgIpc) is 3.01. The summed E-state index contributed by atoms with van der Waals surface area (Å²) < 4.78 is 0. The summed E-state index contributed by atoms with van der Waals surface area (Å²) in [4.78, 5) is 7.32. The topological polar surface area (TPSA) is 39.7 Å².